The molecule has 17 heavy (non-hydrogen) atoms. The highest BCUT2D eigenvalue weighted by atomic mass is 79.9. The van der Waals surface area contributed by atoms with Crippen LogP contribution in [0.15, 0.2) is 29.0 Å². The maximum Gasteiger partial charge on any atom is 0.212 e. The number of carbonyl (C=O) groups excluding carboxylic acids is 1. The number of carbonyl (C=O) groups is 1. The molecular weight excluding hydrogens is 305 g/mol. The third kappa shape index (κ3) is 2.40. The summed E-state index contributed by atoms with van der Waals surface area (Å²) in [7, 11) is 0. The Morgan fingerprint density at radius 3 is 3.00 bits per heavy atom. The van der Waals surface area contributed by atoms with Crippen molar-refractivity contribution < 1.29 is 4.79 Å². The molecule has 0 aliphatic heterocycles. The molecule has 0 radical (unpaired) electrons. The van der Waals surface area contributed by atoms with Crippen LogP contribution in [0.3, 0.4) is 0 Å². The Balaban J connectivity index is 2.47. The maximum absolute atomic E-state index is 12.3. The lowest BCUT2D eigenvalue weighted by atomic mass is 10.1. The maximum atomic E-state index is 12.3. The molecule has 2 rings (SSSR count). The number of ketones is 1. The van der Waals surface area contributed by atoms with Crippen molar-refractivity contribution in [3.63, 3.8) is 0 Å². The summed E-state index contributed by atoms with van der Waals surface area (Å²) in [4.78, 5) is 16.1. The van der Waals surface area contributed by atoms with Crippen molar-refractivity contribution in [2.75, 3.05) is 0 Å². The average Bonchev–Trinajstić information content (AvgIpc) is 2.69. The van der Waals surface area contributed by atoms with Crippen molar-refractivity contribution in [2.45, 2.75) is 13.5 Å². The predicted molar refractivity (Wildman–Crippen MR) is 68.3 cm³/mol. The summed E-state index contributed by atoms with van der Waals surface area (Å²) >= 11 is 9.09. The monoisotopic (exact) mass is 313 g/mol. The summed E-state index contributed by atoms with van der Waals surface area (Å²) < 4.78 is 2.32. The molecule has 0 aliphatic rings. The van der Waals surface area contributed by atoms with E-state index in [9.17, 15) is 4.79 Å². The molecule has 0 unspecified atom stereocenters. The van der Waals surface area contributed by atoms with Crippen molar-refractivity contribution in [3.05, 3.63) is 45.4 Å². The van der Waals surface area contributed by atoms with Gasteiger partial charge in [0.1, 0.15) is 10.8 Å². The van der Waals surface area contributed by atoms with Gasteiger partial charge in [-0.2, -0.15) is 5.10 Å². The molecule has 0 aliphatic carbocycles. The van der Waals surface area contributed by atoms with Crippen LogP contribution in [-0.2, 0) is 6.54 Å². The van der Waals surface area contributed by atoms with E-state index in [0.29, 0.717) is 27.4 Å². The molecular formula is C11H9BrClN3O. The first-order valence-electron chi connectivity index (χ1n) is 5.01. The summed E-state index contributed by atoms with van der Waals surface area (Å²) in [5.41, 5.74) is 1.02. The number of hydrogen-bond acceptors (Lipinski definition) is 3. The number of nitrogens with zero attached hydrogens (tertiary/aromatic N) is 3. The van der Waals surface area contributed by atoms with Crippen molar-refractivity contribution in [1.29, 1.82) is 0 Å². The van der Waals surface area contributed by atoms with Crippen LogP contribution in [0, 0.1) is 0 Å². The number of halogens is 2. The second-order valence-electron chi connectivity index (χ2n) is 3.35. The van der Waals surface area contributed by atoms with Gasteiger partial charge in [0.2, 0.25) is 5.78 Å². The first-order chi connectivity index (χ1) is 8.13. The van der Waals surface area contributed by atoms with E-state index in [0.717, 1.165) is 0 Å². The van der Waals surface area contributed by atoms with E-state index in [4.69, 9.17) is 11.6 Å². The van der Waals surface area contributed by atoms with Crippen molar-refractivity contribution in [3.8, 4) is 0 Å². The van der Waals surface area contributed by atoms with E-state index in [-0.39, 0.29) is 5.78 Å². The van der Waals surface area contributed by atoms with Gasteiger partial charge >= 0.3 is 0 Å². The van der Waals surface area contributed by atoms with Gasteiger partial charge in [0.25, 0.3) is 0 Å². The number of rotatable bonds is 3. The quantitative estimate of drug-likeness (QED) is 0.646. The fraction of sp³-hybridized carbons (Fsp3) is 0.182. The van der Waals surface area contributed by atoms with Crippen LogP contribution in [-0.4, -0.2) is 20.5 Å². The Bertz CT molecular complexity index is 568. The largest absolute Gasteiger partial charge is 0.287 e. The van der Waals surface area contributed by atoms with Gasteiger partial charge in [-0.3, -0.25) is 9.48 Å². The first-order valence-corrected chi connectivity index (χ1v) is 6.18. The van der Waals surface area contributed by atoms with Crippen LogP contribution in [0.4, 0.5) is 0 Å². The number of aromatic nitrogens is 3. The number of aryl methyl sites for hydroxylation is 1. The molecule has 0 saturated carbocycles. The minimum absolute atomic E-state index is 0.125. The van der Waals surface area contributed by atoms with Crippen molar-refractivity contribution >= 4 is 33.3 Å². The van der Waals surface area contributed by atoms with Crippen molar-refractivity contribution in [2.24, 2.45) is 0 Å². The minimum atomic E-state index is -0.125. The van der Waals surface area contributed by atoms with Crippen LogP contribution in [0.5, 0.6) is 0 Å². The van der Waals surface area contributed by atoms with Crippen LogP contribution in [0.25, 0.3) is 0 Å². The zero-order chi connectivity index (χ0) is 12.4. The van der Waals surface area contributed by atoms with E-state index in [1.807, 2.05) is 6.92 Å². The Hall–Kier alpha value is -1.20. The number of pyridine rings is 1. The van der Waals surface area contributed by atoms with E-state index >= 15 is 0 Å². The molecule has 0 N–H and O–H groups in total. The molecule has 0 aromatic carbocycles. The highest BCUT2D eigenvalue weighted by Crippen LogP contribution is 2.20. The van der Waals surface area contributed by atoms with Gasteiger partial charge < -0.3 is 0 Å². The molecule has 0 amide bonds. The van der Waals surface area contributed by atoms with Crippen LogP contribution < -0.4 is 0 Å². The van der Waals surface area contributed by atoms with Crippen LogP contribution in [0.1, 0.15) is 23.0 Å². The summed E-state index contributed by atoms with van der Waals surface area (Å²) in [5, 5.41) is 4.40. The minimum Gasteiger partial charge on any atom is -0.287 e. The molecule has 0 spiro atoms. The van der Waals surface area contributed by atoms with E-state index in [1.54, 1.807) is 23.0 Å². The molecule has 0 bridgehead atoms. The molecule has 2 heterocycles. The fourth-order valence-corrected chi connectivity index (χ4v) is 2.16. The van der Waals surface area contributed by atoms with Crippen LogP contribution in [0.2, 0.25) is 5.15 Å². The Labute approximate surface area is 112 Å². The van der Waals surface area contributed by atoms with Crippen molar-refractivity contribution in [1.82, 2.24) is 14.8 Å². The molecule has 0 atom stereocenters. The molecule has 2 aromatic rings. The highest BCUT2D eigenvalue weighted by molar-refractivity contribution is 9.10. The lowest BCUT2D eigenvalue weighted by Gasteiger charge is -2.04. The van der Waals surface area contributed by atoms with Gasteiger partial charge in [0, 0.05) is 18.3 Å². The lowest BCUT2D eigenvalue weighted by Crippen LogP contribution is -2.11. The van der Waals surface area contributed by atoms with Gasteiger partial charge in [-0.25, -0.2) is 4.98 Å². The molecule has 4 nitrogen and oxygen atoms in total. The Kier molecular flexibility index (Phi) is 3.59. The normalized spacial score (nSPS) is 10.5. The van der Waals surface area contributed by atoms with Gasteiger partial charge in [0.05, 0.1) is 10.7 Å². The molecule has 6 heteroatoms. The van der Waals surface area contributed by atoms with Gasteiger partial charge in [-0.05, 0) is 35.0 Å². The molecule has 2 aromatic heterocycles. The highest BCUT2D eigenvalue weighted by Gasteiger charge is 2.18. The second kappa shape index (κ2) is 4.98. The van der Waals surface area contributed by atoms with Crippen LogP contribution >= 0.6 is 27.5 Å². The summed E-state index contributed by atoms with van der Waals surface area (Å²) in [6, 6.07) is 3.18. The predicted octanol–water partition coefficient (Wildman–Crippen LogP) is 2.94. The Morgan fingerprint density at radius 1 is 1.59 bits per heavy atom. The average molecular weight is 315 g/mol. The van der Waals surface area contributed by atoms with E-state index in [2.05, 4.69) is 26.0 Å². The molecule has 88 valence electrons. The summed E-state index contributed by atoms with van der Waals surface area (Å²) in [6.45, 7) is 2.56. The summed E-state index contributed by atoms with van der Waals surface area (Å²) in [5.74, 6) is -0.125. The van der Waals surface area contributed by atoms with E-state index < -0.39 is 0 Å². The standard InChI is InChI=1S/C11H9BrClN3O/c1-2-16-10(8(12)6-15-16)11(17)7-3-4-14-9(13)5-7/h3-6H,2H2,1H3. The van der Waals surface area contributed by atoms with E-state index in [1.165, 1.54) is 6.20 Å². The lowest BCUT2D eigenvalue weighted by molar-refractivity contribution is 0.102. The summed E-state index contributed by atoms with van der Waals surface area (Å²) in [6.07, 6.45) is 3.12. The fourth-order valence-electron chi connectivity index (χ4n) is 1.51. The smallest absolute Gasteiger partial charge is 0.212 e. The topological polar surface area (TPSA) is 47.8 Å². The Morgan fingerprint density at radius 2 is 2.35 bits per heavy atom. The SMILES string of the molecule is CCn1ncc(Br)c1C(=O)c1ccnc(Cl)c1. The van der Waals surface area contributed by atoms with Gasteiger partial charge in [0.15, 0.2) is 0 Å². The van der Waals surface area contributed by atoms with Gasteiger partial charge in [-0.1, -0.05) is 11.6 Å². The van der Waals surface area contributed by atoms with Gasteiger partial charge in [-0.15, -0.1) is 0 Å². The molecule has 0 fully saturated rings. The second-order valence-corrected chi connectivity index (χ2v) is 4.59. The third-order valence-electron chi connectivity index (χ3n) is 2.30. The zero-order valence-corrected chi connectivity index (χ0v) is 11.4. The number of hydrogen-bond donors (Lipinski definition) is 0. The third-order valence-corrected chi connectivity index (χ3v) is 3.09. The zero-order valence-electron chi connectivity index (χ0n) is 9.02. The first kappa shape index (κ1) is 12.3. The molecule has 0 saturated heterocycles.